The zero-order chi connectivity index (χ0) is 14.0. The van der Waals surface area contributed by atoms with Gasteiger partial charge in [0.05, 0.1) is 5.69 Å². The van der Waals surface area contributed by atoms with Gasteiger partial charge in [-0.2, -0.15) is 0 Å². The number of hydrogen-bond acceptors (Lipinski definition) is 3. The molecule has 0 aliphatic heterocycles. The highest BCUT2D eigenvalue weighted by Gasteiger charge is 2.18. The summed E-state index contributed by atoms with van der Waals surface area (Å²) in [6.07, 6.45) is 0. The summed E-state index contributed by atoms with van der Waals surface area (Å²) in [5, 5.41) is 9.06. The van der Waals surface area contributed by atoms with Gasteiger partial charge in [-0.15, -0.1) is 0 Å². The number of aromatic nitrogens is 2. The van der Waals surface area contributed by atoms with Gasteiger partial charge < -0.3 is 5.11 Å². The smallest absolute Gasteiger partial charge is 0.313 e. The highest BCUT2D eigenvalue weighted by Crippen LogP contribution is 2.23. The molecule has 0 bridgehead atoms. The first-order valence-electron chi connectivity index (χ1n) is 6.13. The summed E-state index contributed by atoms with van der Waals surface area (Å²) < 4.78 is 0. The molecule has 0 spiro atoms. The van der Waals surface area contributed by atoms with Gasteiger partial charge in [0, 0.05) is 11.3 Å². The van der Waals surface area contributed by atoms with Crippen molar-refractivity contribution in [2.45, 2.75) is 26.7 Å². The van der Waals surface area contributed by atoms with Crippen LogP contribution in [0.3, 0.4) is 0 Å². The van der Waals surface area contributed by atoms with Crippen LogP contribution in [0, 0.1) is 13.8 Å². The molecule has 2 aromatic rings. The number of carboxylic acids is 1. The van der Waals surface area contributed by atoms with Gasteiger partial charge in [0.2, 0.25) is 0 Å². The monoisotopic (exact) mass is 256 g/mol. The van der Waals surface area contributed by atoms with E-state index < -0.39 is 11.9 Å². The van der Waals surface area contributed by atoms with Crippen LogP contribution in [0.5, 0.6) is 0 Å². The lowest BCUT2D eigenvalue weighted by atomic mass is 10.0. The predicted octanol–water partition coefficient (Wildman–Crippen LogP) is 2.95. The van der Waals surface area contributed by atoms with Crippen molar-refractivity contribution >= 4 is 5.97 Å². The zero-order valence-electron chi connectivity index (χ0n) is 11.2. The Morgan fingerprint density at radius 3 is 2.53 bits per heavy atom. The van der Waals surface area contributed by atoms with Gasteiger partial charge in [-0.1, -0.05) is 24.3 Å². The fraction of sp³-hybridized carbons (Fsp3) is 0.267. The van der Waals surface area contributed by atoms with Crippen LogP contribution in [0.25, 0.3) is 11.3 Å². The number of benzene rings is 1. The van der Waals surface area contributed by atoms with Gasteiger partial charge in [-0.25, -0.2) is 9.97 Å². The van der Waals surface area contributed by atoms with Gasteiger partial charge in [0.15, 0.2) is 0 Å². The Balaban J connectivity index is 2.54. The minimum Gasteiger partial charge on any atom is -0.481 e. The fourth-order valence-corrected chi connectivity index (χ4v) is 1.89. The van der Waals surface area contributed by atoms with Crippen molar-refractivity contribution in [3.63, 3.8) is 0 Å². The maximum Gasteiger partial charge on any atom is 0.313 e. The lowest BCUT2D eigenvalue weighted by Crippen LogP contribution is -2.12. The van der Waals surface area contributed by atoms with Crippen molar-refractivity contribution < 1.29 is 9.90 Å². The average molecular weight is 256 g/mol. The molecule has 1 aromatic heterocycles. The van der Waals surface area contributed by atoms with E-state index in [4.69, 9.17) is 5.11 Å². The quantitative estimate of drug-likeness (QED) is 0.917. The van der Waals surface area contributed by atoms with Crippen LogP contribution >= 0.6 is 0 Å². The number of nitrogens with zero attached hydrogens (tertiary/aromatic N) is 2. The maximum atomic E-state index is 11.0. The van der Waals surface area contributed by atoms with Crippen LogP contribution in [0.15, 0.2) is 30.3 Å². The lowest BCUT2D eigenvalue weighted by molar-refractivity contribution is -0.138. The van der Waals surface area contributed by atoms with Crippen LogP contribution in [0.4, 0.5) is 0 Å². The van der Waals surface area contributed by atoms with E-state index in [0.29, 0.717) is 5.82 Å². The van der Waals surface area contributed by atoms with E-state index in [2.05, 4.69) is 9.97 Å². The van der Waals surface area contributed by atoms with Gasteiger partial charge in [-0.05, 0) is 32.4 Å². The van der Waals surface area contributed by atoms with E-state index >= 15 is 0 Å². The first-order valence-corrected chi connectivity index (χ1v) is 6.13. The number of hydrogen-bond donors (Lipinski definition) is 1. The third-order valence-electron chi connectivity index (χ3n) is 3.05. The molecule has 0 aliphatic carbocycles. The van der Waals surface area contributed by atoms with E-state index in [1.165, 1.54) is 0 Å². The van der Waals surface area contributed by atoms with Gasteiger partial charge in [-0.3, -0.25) is 4.79 Å². The summed E-state index contributed by atoms with van der Waals surface area (Å²) in [5.74, 6) is -1.27. The molecule has 98 valence electrons. The van der Waals surface area contributed by atoms with Crippen molar-refractivity contribution in [1.82, 2.24) is 9.97 Å². The van der Waals surface area contributed by atoms with Crippen LogP contribution in [-0.4, -0.2) is 21.0 Å². The summed E-state index contributed by atoms with van der Waals surface area (Å²) in [4.78, 5) is 19.7. The molecule has 1 aromatic carbocycles. The number of carbonyl (C=O) groups is 1. The molecule has 1 unspecified atom stereocenters. The van der Waals surface area contributed by atoms with Crippen molar-refractivity contribution in [1.29, 1.82) is 0 Å². The molecule has 0 radical (unpaired) electrons. The summed E-state index contributed by atoms with van der Waals surface area (Å²) in [5.41, 5.74) is 3.66. The van der Waals surface area contributed by atoms with E-state index in [9.17, 15) is 4.79 Å². The van der Waals surface area contributed by atoms with Crippen molar-refractivity contribution in [3.8, 4) is 11.3 Å². The van der Waals surface area contributed by atoms with Gasteiger partial charge in [0.25, 0.3) is 0 Å². The Morgan fingerprint density at radius 1 is 1.21 bits per heavy atom. The molecule has 1 heterocycles. The minimum atomic E-state index is -0.915. The van der Waals surface area contributed by atoms with Gasteiger partial charge >= 0.3 is 5.97 Å². The summed E-state index contributed by atoms with van der Waals surface area (Å²) in [6.45, 7) is 5.45. The number of aliphatic carboxylic acids is 1. The topological polar surface area (TPSA) is 63.1 Å². The minimum absolute atomic E-state index is 0.353. The number of rotatable bonds is 3. The Morgan fingerprint density at radius 2 is 1.89 bits per heavy atom. The van der Waals surface area contributed by atoms with Crippen LogP contribution in [-0.2, 0) is 4.79 Å². The molecule has 0 saturated heterocycles. The molecule has 1 N–H and O–H groups in total. The fourth-order valence-electron chi connectivity index (χ4n) is 1.89. The molecule has 4 nitrogen and oxygen atoms in total. The molecule has 0 saturated carbocycles. The molecule has 1 atom stereocenters. The number of carboxylic acid groups (broad SMARTS) is 1. The number of aryl methyl sites for hydroxylation is 2. The van der Waals surface area contributed by atoms with E-state index in [0.717, 1.165) is 22.5 Å². The second kappa shape index (κ2) is 5.18. The third-order valence-corrected chi connectivity index (χ3v) is 3.05. The lowest BCUT2D eigenvalue weighted by Gasteiger charge is -2.10. The van der Waals surface area contributed by atoms with Crippen molar-refractivity contribution in [2.24, 2.45) is 0 Å². The summed E-state index contributed by atoms with van der Waals surface area (Å²) in [6, 6.07) is 9.77. The largest absolute Gasteiger partial charge is 0.481 e. The summed E-state index contributed by atoms with van der Waals surface area (Å²) >= 11 is 0. The molecular formula is C15H16N2O2. The molecule has 2 rings (SSSR count). The zero-order valence-corrected chi connectivity index (χ0v) is 11.2. The van der Waals surface area contributed by atoms with E-state index in [1.54, 1.807) is 6.92 Å². The SMILES string of the molecule is Cc1cc(-c2ccccc2C)nc(C(C)C(=O)O)n1. The van der Waals surface area contributed by atoms with Crippen LogP contribution in [0.1, 0.15) is 29.9 Å². The molecule has 4 heteroatoms. The molecule has 0 aliphatic rings. The Hall–Kier alpha value is -2.23. The molecule has 0 amide bonds. The molecular weight excluding hydrogens is 240 g/mol. The van der Waals surface area contributed by atoms with Gasteiger partial charge in [0.1, 0.15) is 11.7 Å². The van der Waals surface area contributed by atoms with E-state index in [1.807, 2.05) is 44.2 Å². The maximum absolute atomic E-state index is 11.0. The second-order valence-corrected chi connectivity index (χ2v) is 4.63. The predicted molar refractivity (Wildman–Crippen MR) is 73.0 cm³/mol. The first-order chi connectivity index (χ1) is 8.99. The molecule has 0 fully saturated rings. The second-order valence-electron chi connectivity index (χ2n) is 4.63. The Labute approximate surface area is 112 Å². The van der Waals surface area contributed by atoms with Crippen molar-refractivity contribution in [2.75, 3.05) is 0 Å². The normalized spacial score (nSPS) is 12.2. The third kappa shape index (κ3) is 2.78. The highest BCUT2D eigenvalue weighted by molar-refractivity contribution is 5.74. The van der Waals surface area contributed by atoms with E-state index in [-0.39, 0.29) is 0 Å². The molecule has 19 heavy (non-hydrogen) atoms. The van der Waals surface area contributed by atoms with Crippen molar-refractivity contribution in [3.05, 3.63) is 47.4 Å². The summed E-state index contributed by atoms with van der Waals surface area (Å²) in [7, 11) is 0. The van der Waals surface area contributed by atoms with Crippen LogP contribution < -0.4 is 0 Å². The standard InChI is InChI=1S/C15H16N2O2/c1-9-6-4-5-7-12(9)13-8-10(2)16-14(17-13)11(3)15(18)19/h4-8,11H,1-3H3,(H,18,19). The first kappa shape index (κ1) is 13.2. The highest BCUT2D eigenvalue weighted by atomic mass is 16.4. The Kier molecular flexibility index (Phi) is 3.60. The average Bonchev–Trinajstić information content (AvgIpc) is 2.37. The van der Waals surface area contributed by atoms with Crippen LogP contribution in [0.2, 0.25) is 0 Å². The Bertz CT molecular complexity index is 623.